The lowest BCUT2D eigenvalue weighted by Crippen LogP contribution is -2.13. The van der Waals surface area contributed by atoms with Crippen molar-refractivity contribution in [3.63, 3.8) is 0 Å². The Kier molecular flexibility index (Phi) is 4.35. The van der Waals surface area contributed by atoms with Gasteiger partial charge in [0, 0.05) is 5.56 Å². The van der Waals surface area contributed by atoms with Gasteiger partial charge in [0.25, 0.3) is 0 Å². The van der Waals surface area contributed by atoms with Gasteiger partial charge in [-0.1, -0.05) is 18.2 Å². The number of fused-ring (bicyclic) bond motifs is 3. The maximum Gasteiger partial charge on any atom is 0.337 e. The Hall–Kier alpha value is -3.60. The Morgan fingerprint density at radius 3 is 2.46 bits per heavy atom. The van der Waals surface area contributed by atoms with Gasteiger partial charge >= 0.3 is 5.97 Å². The third-order valence-corrected chi connectivity index (χ3v) is 5.10. The second-order valence-electron chi connectivity index (χ2n) is 6.69. The number of ether oxygens (including phenoxy) is 2. The van der Waals surface area contributed by atoms with Gasteiger partial charge in [0.2, 0.25) is 5.91 Å². The predicted octanol–water partition coefficient (Wildman–Crippen LogP) is 3.82. The molecule has 140 valence electrons. The van der Waals surface area contributed by atoms with Gasteiger partial charge in [-0.25, -0.2) is 4.79 Å². The van der Waals surface area contributed by atoms with E-state index in [1.54, 1.807) is 13.2 Å². The molecular weight excluding hydrogens is 354 g/mol. The third-order valence-electron chi connectivity index (χ3n) is 5.10. The highest BCUT2D eigenvalue weighted by Gasteiger charge is 2.25. The van der Waals surface area contributed by atoms with Crippen LogP contribution in [0.4, 0.5) is 0 Å². The Balaban J connectivity index is 1.88. The number of hydrogen-bond acceptors (Lipinski definition) is 4. The van der Waals surface area contributed by atoms with Crippen LogP contribution in [0.3, 0.4) is 0 Å². The van der Waals surface area contributed by atoms with Crippen molar-refractivity contribution in [1.82, 2.24) is 0 Å². The van der Waals surface area contributed by atoms with Crippen molar-refractivity contribution < 1.29 is 19.1 Å². The molecule has 0 unspecified atom stereocenters. The number of amides is 1. The lowest BCUT2D eigenvalue weighted by atomic mass is 9.94. The Labute approximate surface area is 162 Å². The zero-order valence-corrected chi connectivity index (χ0v) is 15.6. The summed E-state index contributed by atoms with van der Waals surface area (Å²) in [4.78, 5) is 24.0. The number of benzene rings is 3. The molecule has 0 saturated carbocycles. The molecule has 1 aliphatic carbocycles. The number of nitrogens with two attached hydrogens (primary N) is 1. The molecule has 2 N–H and O–H groups in total. The van der Waals surface area contributed by atoms with Crippen molar-refractivity contribution in [2.24, 2.45) is 5.73 Å². The van der Waals surface area contributed by atoms with Gasteiger partial charge in [-0.2, -0.15) is 0 Å². The van der Waals surface area contributed by atoms with Crippen LogP contribution in [0.5, 0.6) is 5.75 Å². The lowest BCUT2D eigenvalue weighted by Gasteiger charge is -2.11. The maximum absolute atomic E-state index is 12.2. The molecule has 1 amide bonds. The molecule has 28 heavy (non-hydrogen) atoms. The van der Waals surface area contributed by atoms with Crippen molar-refractivity contribution >= 4 is 11.9 Å². The summed E-state index contributed by atoms with van der Waals surface area (Å²) in [6, 6.07) is 17.0. The lowest BCUT2D eigenvalue weighted by molar-refractivity contribution is 0.0600. The molecule has 0 saturated heterocycles. The summed E-state index contributed by atoms with van der Waals surface area (Å²) in [6.45, 7) is 0. The summed E-state index contributed by atoms with van der Waals surface area (Å²) in [5, 5.41) is 0. The zero-order valence-electron chi connectivity index (χ0n) is 15.6. The minimum absolute atomic E-state index is 0.383. The van der Waals surface area contributed by atoms with Crippen LogP contribution in [0.2, 0.25) is 0 Å². The van der Waals surface area contributed by atoms with E-state index in [9.17, 15) is 9.59 Å². The van der Waals surface area contributed by atoms with Crippen LogP contribution in [0.15, 0.2) is 54.6 Å². The number of primary amides is 1. The van der Waals surface area contributed by atoms with Gasteiger partial charge in [0.15, 0.2) is 0 Å². The molecule has 5 nitrogen and oxygen atoms in total. The molecule has 3 aromatic rings. The molecule has 0 aromatic heterocycles. The third kappa shape index (κ3) is 2.91. The first-order valence-corrected chi connectivity index (χ1v) is 8.84. The van der Waals surface area contributed by atoms with E-state index in [4.69, 9.17) is 15.2 Å². The quantitative estimate of drug-likeness (QED) is 0.552. The fraction of sp³-hybridized carbons (Fsp3) is 0.130. The standard InChI is InChI=1S/C23H19NO4/c1-27-17-5-3-4-13(9-17)15-10-19-18-7-6-14(23(26)28-2)8-16(18)12-20(19)21(11-15)22(24)25/h3-11H,12H2,1-2H3,(H2,24,25). The van der Waals surface area contributed by atoms with Gasteiger partial charge in [0.1, 0.15) is 5.75 Å². The van der Waals surface area contributed by atoms with Crippen LogP contribution < -0.4 is 10.5 Å². The zero-order chi connectivity index (χ0) is 19.8. The average Bonchev–Trinajstić information content (AvgIpc) is 3.09. The second-order valence-corrected chi connectivity index (χ2v) is 6.69. The monoisotopic (exact) mass is 373 g/mol. The fourth-order valence-corrected chi connectivity index (χ4v) is 3.73. The number of carbonyl (C=O) groups excluding carboxylic acids is 2. The van der Waals surface area contributed by atoms with Crippen molar-refractivity contribution in [3.05, 3.63) is 76.9 Å². The normalized spacial score (nSPS) is 11.5. The largest absolute Gasteiger partial charge is 0.497 e. The number of rotatable bonds is 4. The van der Waals surface area contributed by atoms with E-state index in [2.05, 4.69) is 6.07 Å². The Bertz CT molecular complexity index is 1120. The van der Waals surface area contributed by atoms with Crippen LogP contribution >= 0.6 is 0 Å². The van der Waals surface area contributed by atoms with Crippen molar-refractivity contribution in [2.75, 3.05) is 14.2 Å². The Morgan fingerprint density at radius 1 is 0.929 bits per heavy atom. The summed E-state index contributed by atoms with van der Waals surface area (Å²) < 4.78 is 10.1. The van der Waals surface area contributed by atoms with Gasteiger partial charge in [-0.3, -0.25) is 4.79 Å². The SMILES string of the molecule is COC(=O)c1ccc2c(c1)Cc1c(C(N)=O)cc(-c3cccc(OC)c3)cc1-2. The van der Waals surface area contributed by atoms with Crippen LogP contribution in [0.1, 0.15) is 31.8 Å². The molecule has 1 aliphatic rings. The van der Waals surface area contributed by atoms with Crippen molar-refractivity contribution in [2.45, 2.75) is 6.42 Å². The minimum Gasteiger partial charge on any atom is -0.497 e. The molecule has 0 fully saturated rings. The minimum atomic E-state index is -0.470. The predicted molar refractivity (Wildman–Crippen MR) is 107 cm³/mol. The van der Waals surface area contributed by atoms with Gasteiger partial charge in [0.05, 0.1) is 19.8 Å². The van der Waals surface area contributed by atoms with E-state index in [1.165, 1.54) is 7.11 Å². The van der Waals surface area contributed by atoms with E-state index in [0.29, 0.717) is 17.5 Å². The molecule has 0 atom stereocenters. The topological polar surface area (TPSA) is 78.6 Å². The van der Waals surface area contributed by atoms with Crippen molar-refractivity contribution in [3.8, 4) is 28.0 Å². The molecule has 4 rings (SSSR count). The summed E-state index contributed by atoms with van der Waals surface area (Å²) in [5.41, 5.74) is 12.3. The smallest absolute Gasteiger partial charge is 0.337 e. The number of methoxy groups -OCH3 is 2. The first-order chi connectivity index (χ1) is 13.5. The van der Waals surface area contributed by atoms with Crippen LogP contribution in [-0.2, 0) is 11.2 Å². The summed E-state index contributed by atoms with van der Waals surface area (Å²) in [7, 11) is 2.97. The van der Waals surface area contributed by atoms with E-state index < -0.39 is 5.91 Å². The summed E-state index contributed by atoms with van der Waals surface area (Å²) in [5.74, 6) is -0.116. The maximum atomic E-state index is 12.2. The second kappa shape index (κ2) is 6.85. The summed E-state index contributed by atoms with van der Waals surface area (Å²) in [6.07, 6.45) is 0.548. The molecule has 0 aliphatic heterocycles. The molecular formula is C23H19NO4. The van der Waals surface area contributed by atoms with E-state index in [-0.39, 0.29) is 5.97 Å². The van der Waals surface area contributed by atoms with Gasteiger partial charge < -0.3 is 15.2 Å². The first-order valence-electron chi connectivity index (χ1n) is 8.84. The summed E-state index contributed by atoms with van der Waals surface area (Å²) >= 11 is 0. The highest BCUT2D eigenvalue weighted by atomic mass is 16.5. The highest BCUT2D eigenvalue weighted by molar-refractivity contribution is 6.00. The fourth-order valence-electron chi connectivity index (χ4n) is 3.73. The number of carbonyl (C=O) groups is 2. The number of hydrogen-bond donors (Lipinski definition) is 1. The highest BCUT2D eigenvalue weighted by Crippen LogP contribution is 2.41. The van der Waals surface area contributed by atoms with E-state index in [1.807, 2.05) is 42.5 Å². The van der Waals surface area contributed by atoms with E-state index in [0.717, 1.165) is 39.1 Å². The first kappa shape index (κ1) is 17.8. The Morgan fingerprint density at radius 2 is 1.75 bits per heavy atom. The molecule has 0 bridgehead atoms. The van der Waals surface area contributed by atoms with E-state index >= 15 is 0 Å². The number of esters is 1. The molecule has 0 radical (unpaired) electrons. The van der Waals surface area contributed by atoms with Crippen LogP contribution in [-0.4, -0.2) is 26.1 Å². The molecule has 5 heteroatoms. The van der Waals surface area contributed by atoms with Crippen LogP contribution in [0.25, 0.3) is 22.3 Å². The molecule has 3 aromatic carbocycles. The molecule has 0 heterocycles. The van der Waals surface area contributed by atoms with Gasteiger partial charge in [-0.15, -0.1) is 0 Å². The molecule has 0 spiro atoms. The van der Waals surface area contributed by atoms with Crippen LogP contribution in [0, 0.1) is 0 Å². The average molecular weight is 373 g/mol. The van der Waals surface area contributed by atoms with Crippen molar-refractivity contribution in [1.29, 1.82) is 0 Å². The van der Waals surface area contributed by atoms with Gasteiger partial charge in [-0.05, 0) is 76.2 Å².